The normalized spacial score (nSPS) is 10.9. The highest BCUT2D eigenvalue weighted by atomic mass is 19.1. The van der Waals surface area contributed by atoms with Crippen LogP contribution >= 0.6 is 0 Å². The van der Waals surface area contributed by atoms with E-state index in [0.717, 1.165) is 45.1 Å². The summed E-state index contributed by atoms with van der Waals surface area (Å²) in [4.78, 5) is 4.72. The highest BCUT2D eigenvalue weighted by Gasteiger charge is 2.11. The number of methoxy groups -OCH3 is 1. The molecule has 2 aromatic carbocycles. The van der Waals surface area contributed by atoms with Gasteiger partial charge in [0.2, 0.25) is 0 Å². The van der Waals surface area contributed by atoms with Gasteiger partial charge in [0.1, 0.15) is 23.0 Å². The molecule has 0 aliphatic carbocycles. The second-order valence-corrected chi connectivity index (χ2v) is 6.33. The Labute approximate surface area is 156 Å². The molecule has 0 spiro atoms. The SMILES string of the molecule is COc1ccc2nc(-c3ccc(C)o3)cc(NCc3ccc(F)cc3)c2c1. The Balaban J connectivity index is 1.75. The number of nitrogens with one attached hydrogen (secondary N) is 1. The maximum absolute atomic E-state index is 13.1. The van der Waals surface area contributed by atoms with Crippen molar-refractivity contribution < 1.29 is 13.5 Å². The van der Waals surface area contributed by atoms with Crippen LogP contribution in [0.1, 0.15) is 11.3 Å². The third kappa shape index (κ3) is 3.62. The van der Waals surface area contributed by atoms with Gasteiger partial charge in [0.25, 0.3) is 0 Å². The predicted molar refractivity (Wildman–Crippen MR) is 104 cm³/mol. The van der Waals surface area contributed by atoms with Gasteiger partial charge in [-0.2, -0.15) is 0 Å². The number of aromatic nitrogens is 1. The number of aryl methyl sites for hydroxylation is 1. The summed E-state index contributed by atoms with van der Waals surface area (Å²) in [7, 11) is 1.64. The number of hydrogen-bond donors (Lipinski definition) is 1. The van der Waals surface area contributed by atoms with E-state index in [1.54, 1.807) is 19.2 Å². The zero-order valence-corrected chi connectivity index (χ0v) is 15.1. The Kier molecular flexibility index (Phi) is 4.50. The quantitative estimate of drug-likeness (QED) is 0.505. The predicted octanol–water partition coefficient (Wildman–Crippen LogP) is 5.56. The average molecular weight is 362 g/mol. The minimum Gasteiger partial charge on any atom is -0.497 e. The lowest BCUT2D eigenvalue weighted by molar-refractivity contribution is 0.415. The van der Waals surface area contributed by atoms with Crippen LogP contribution in [0.5, 0.6) is 5.75 Å². The minimum atomic E-state index is -0.242. The molecular formula is C22H19FN2O2. The van der Waals surface area contributed by atoms with E-state index < -0.39 is 0 Å². The van der Waals surface area contributed by atoms with E-state index in [9.17, 15) is 4.39 Å². The lowest BCUT2D eigenvalue weighted by Crippen LogP contribution is -2.01. The van der Waals surface area contributed by atoms with Crippen LogP contribution < -0.4 is 10.1 Å². The van der Waals surface area contributed by atoms with E-state index in [1.165, 1.54) is 12.1 Å². The van der Waals surface area contributed by atoms with Crippen LogP contribution in [0.4, 0.5) is 10.1 Å². The lowest BCUT2D eigenvalue weighted by Gasteiger charge is -2.12. The van der Waals surface area contributed by atoms with E-state index in [1.807, 2.05) is 43.3 Å². The molecule has 0 saturated carbocycles. The van der Waals surface area contributed by atoms with E-state index in [4.69, 9.17) is 14.1 Å². The van der Waals surface area contributed by atoms with Gasteiger partial charge in [-0.15, -0.1) is 0 Å². The van der Waals surface area contributed by atoms with Gasteiger partial charge in [-0.05, 0) is 61.0 Å². The maximum atomic E-state index is 13.1. The fraction of sp³-hybridized carbons (Fsp3) is 0.136. The fourth-order valence-corrected chi connectivity index (χ4v) is 2.98. The number of nitrogens with zero attached hydrogens (tertiary/aromatic N) is 1. The first-order chi connectivity index (χ1) is 13.1. The first kappa shape index (κ1) is 17.1. The molecular weight excluding hydrogens is 343 g/mol. The first-order valence-corrected chi connectivity index (χ1v) is 8.66. The van der Waals surface area contributed by atoms with Crippen LogP contribution in [0, 0.1) is 12.7 Å². The first-order valence-electron chi connectivity index (χ1n) is 8.66. The van der Waals surface area contributed by atoms with Crippen molar-refractivity contribution in [1.82, 2.24) is 4.98 Å². The van der Waals surface area contributed by atoms with Crippen LogP contribution in [0.3, 0.4) is 0 Å². The van der Waals surface area contributed by atoms with Crippen LogP contribution in [0.2, 0.25) is 0 Å². The van der Waals surface area contributed by atoms with Crippen LogP contribution in [0.25, 0.3) is 22.4 Å². The van der Waals surface area contributed by atoms with Crippen molar-refractivity contribution >= 4 is 16.6 Å². The van der Waals surface area contributed by atoms with Gasteiger partial charge < -0.3 is 14.5 Å². The molecule has 27 heavy (non-hydrogen) atoms. The molecule has 4 rings (SSSR count). The summed E-state index contributed by atoms with van der Waals surface area (Å²) < 4.78 is 24.2. The largest absolute Gasteiger partial charge is 0.497 e. The Morgan fingerprint density at radius 1 is 1.04 bits per heavy atom. The third-order valence-corrected chi connectivity index (χ3v) is 4.40. The minimum absolute atomic E-state index is 0.242. The van der Waals surface area contributed by atoms with Gasteiger partial charge >= 0.3 is 0 Å². The average Bonchev–Trinajstić information content (AvgIpc) is 3.13. The second kappa shape index (κ2) is 7.11. The van der Waals surface area contributed by atoms with Gasteiger partial charge in [0.15, 0.2) is 5.76 Å². The van der Waals surface area contributed by atoms with Gasteiger partial charge in [-0.1, -0.05) is 12.1 Å². The molecule has 0 bridgehead atoms. The molecule has 0 unspecified atom stereocenters. The maximum Gasteiger partial charge on any atom is 0.152 e. The van der Waals surface area contributed by atoms with Crippen molar-refractivity contribution in [2.45, 2.75) is 13.5 Å². The number of rotatable bonds is 5. The van der Waals surface area contributed by atoms with Crippen LogP contribution in [-0.4, -0.2) is 12.1 Å². The summed E-state index contributed by atoms with van der Waals surface area (Å²) in [5, 5.41) is 4.38. The highest BCUT2D eigenvalue weighted by Crippen LogP contribution is 2.32. The summed E-state index contributed by atoms with van der Waals surface area (Å²) in [6.07, 6.45) is 0. The molecule has 0 atom stereocenters. The van der Waals surface area contributed by atoms with Gasteiger partial charge in [0, 0.05) is 17.6 Å². The van der Waals surface area contributed by atoms with Crippen LogP contribution in [-0.2, 0) is 6.54 Å². The van der Waals surface area contributed by atoms with Gasteiger partial charge in [-0.25, -0.2) is 9.37 Å². The Hall–Kier alpha value is -3.34. The molecule has 0 aliphatic heterocycles. The number of anilines is 1. The molecule has 136 valence electrons. The van der Waals surface area contributed by atoms with E-state index in [-0.39, 0.29) is 5.82 Å². The van der Waals surface area contributed by atoms with E-state index in [0.29, 0.717) is 6.54 Å². The smallest absolute Gasteiger partial charge is 0.152 e. The summed E-state index contributed by atoms with van der Waals surface area (Å²) >= 11 is 0. The summed E-state index contributed by atoms with van der Waals surface area (Å²) in [5.41, 5.74) is 3.48. The molecule has 1 N–H and O–H groups in total. The van der Waals surface area contributed by atoms with Crippen molar-refractivity contribution in [3.8, 4) is 17.2 Å². The zero-order valence-electron chi connectivity index (χ0n) is 15.1. The number of ether oxygens (including phenoxy) is 1. The van der Waals surface area contributed by atoms with Crippen molar-refractivity contribution in [2.24, 2.45) is 0 Å². The van der Waals surface area contributed by atoms with Gasteiger partial charge in [-0.3, -0.25) is 0 Å². The summed E-state index contributed by atoms with van der Waals surface area (Å²) in [5.74, 6) is 2.07. The lowest BCUT2D eigenvalue weighted by atomic mass is 10.1. The molecule has 0 radical (unpaired) electrons. The fourth-order valence-electron chi connectivity index (χ4n) is 2.98. The number of fused-ring (bicyclic) bond motifs is 1. The second-order valence-electron chi connectivity index (χ2n) is 6.33. The molecule has 2 aromatic heterocycles. The van der Waals surface area contributed by atoms with Gasteiger partial charge in [0.05, 0.1) is 12.6 Å². The zero-order chi connectivity index (χ0) is 18.8. The highest BCUT2D eigenvalue weighted by molar-refractivity contribution is 5.94. The van der Waals surface area contributed by atoms with Crippen molar-refractivity contribution in [1.29, 1.82) is 0 Å². The monoisotopic (exact) mass is 362 g/mol. The number of benzene rings is 2. The Morgan fingerprint density at radius 3 is 2.56 bits per heavy atom. The van der Waals surface area contributed by atoms with E-state index >= 15 is 0 Å². The van der Waals surface area contributed by atoms with Crippen molar-refractivity contribution in [3.05, 3.63) is 77.8 Å². The number of halogens is 1. The molecule has 2 heterocycles. The third-order valence-electron chi connectivity index (χ3n) is 4.40. The number of hydrogen-bond acceptors (Lipinski definition) is 4. The molecule has 0 saturated heterocycles. The van der Waals surface area contributed by atoms with Crippen LogP contribution in [0.15, 0.2) is 65.1 Å². The van der Waals surface area contributed by atoms with Crippen molar-refractivity contribution in [2.75, 3.05) is 12.4 Å². The molecule has 0 aliphatic rings. The van der Waals surface area contributed by atoms with E-state index in [2.05, 4.69) is 5.32 Å². The molecule has 4 nitrogen and oxygen atoms in total. The number of furan rings is 1. The summed E-state index contributed by atoms with van der Waals surface area (Å²) in [6, 6.07) is 18.0. The number of pyridine rings is 1. The standard InChI is InChI=1S/C22H19FN2O2/c1-14-3-10-22(27-14)21-12-20(24-13-15-4-6-16(23)7-5-15)18-11-17(26-2)8-9-19(18)25-21/h3-12H,13H2,1-2H3,(H,24,25). The molecule has 4 aromatic rings. The Morgan fingerprint density at radius 2 is 1.85 bits per heavy atom. The molecule has 0 fully saturated rings. The summed E-state index contributed by atoms with van der Waals surface area (Å²) in [6.45, 7) is 2.47. The topological polar surface area (TPSA) is 47.3 Å². The molecule has 0 amide bonds. The molecule has 5 heteroatoms. The van der Waals surface area contributed by atoms with Crippen molar-refractivity contribution in [3.63, 3.8) is 0 Å². The Bertz CT molecular complexity index is 1090.